The van der Waals surface area contributed by atoms with Gasteiger partial charge >= 0.3 is 12.4 Å². The van der Waals surface area contributed by atoms with Gasteiger partial charge in [0.05, 0.1) is 13.1 Å². The highest BCUT2D eigenvalue weighted by atomic mass is 19.4. The highest BCUT2D eigenvalue weighted by Gasteiger charge is 2.34. The lowest BCUT2D eigenvalue weighted by molar-refractivity contribution is -0.146. The van der Waals surface area contributed by atoms with Gasteiger partial charge < -0.3 is 20.9 Å². The molecule has 6 rings (SSSR count). The molecule has 0 spiro atoms. The number of carbonyl (C=O) groups is 2. The number of ether oxygens (including phenoxy) is 2. The predicted molar refractivity (Wildman–Crippen MR) is 189 cm³/mol. The summed E-state index contributed by atoms with van der Waals surface area (Å²) < 4.78 is 142. The Kier molecular flexibility index (Phi) is 13.2. The van der Waals surface area contributed by atoms with Crippen LogP contribution in [0.3, 0.4) is 0 Å². The number of nitrogens with zero attached hydrogens (tertiary/aromatic N) is 4. The van der Waals surface area contributed by atoms with Crippen LogP contribution < -0.4 is 20.9 Å². The molecule has 0 saturated heterocycles. The van der Waals surface area contributed by atoms with E-state index in [1.54, 1.807) is 0 Å². The van der Waals surface area contributed by atoms with Crippen LogP contribution >= 0.6 is 0 Å². The zero-order valence-corrected chi connectivity index (χ0v) is 30.8. The van der Waals surface area contributed by atoms with Gasteiger partial charge in [-0.05, 0) is 87.3 Å². The summed E-state index contributed by atoms with van der Waals surface area (Å²) in [6.45, 7) is -2.22. The van der Waals surface area contributed by atoms with Crippen LogP contribution in [0.1, 0.15) is 44.9 Å². The average Bonchev–Trinajstić information content (AvgIpc) is 3.09. The maximum Gasteiger partial charge on any atom is 0.401 e. The van der Waals surface area contributed by atoms with Gasteiger partial charge in [-0.25, -0.2) is 27.5 Å². The standard InChI is InChI=1S/2C19H18F5N3O2/c2*1-27(9-19(22,23)24)8-11-3-5-13-14(12-4-2-10(20)6-15(12)21)7-16(17(25)28)26-18(13)29-11/h2*2,4,6-7,11H,3,5,8-9H2,1H3,(H2,25,28)/t2*11-/m10/s1. The van der Waals surface area contributed by atoms with E-state index in [0.717, 1.165) is 21.9 Å². The molecule has 2 aliphatic rings. The minimum atomic E-state index is -4.34. The second-order valence-electron chi connectivity index (χ2n) is 13.8. The number of aromatic nitrogens is 2. The summed E-state index contributed by atoms with van der Waals surface area (Å²) in [6, 6.07) is 8.65. The number of rotatable bonds is 10. The van der Waals surface area contributed by atoms with Crippen LogP contribution in [0.25, 0.3) is 22.3 Å². The molecule has 0 bridgehead atoms. The van der Waals surface area contributed by atoms with Crippen molar-refractivity contribution in [3.63, 3.8) is 0 Å². The van der Waals surface area contributed by atoms with Crippen molar-refractivity contribution < 1.29 is 63.0 Å². The summed E-state index contributed by atoms with van der Waals surface area (Å²) in [5.41, 5.74) is 11.8. The molecule has 10 nitrogen and oxygen atoms in total. The second kappa shape index (κ2) is 17.6. The first kappa shape index (κ1) is 43.6. The van der Waals surface area contributed by atoms with E-state index in [9.17, 15) is 53.5 Å². The fraction of sp³-hybridized carbons (Fsp3) is 0.368. The number of fused-ring (bicyclic) bond motifs is 2. The Balaban J connectivity index is 0.000000221. The number of hydrogen-bond donors (Lipinski definition) is 2. The van der Waals surface area contributed by atoms with E-state index < -0.39 is 72.7 Å². The van der Waals surface area contributed by atoms with Gasteiger partial charge in [-0.3, -0.25) is 19.4 Å². The number of alkyl halides is 6. The molecular weight excluding hydrogens is 794 g/mol. The van der Waals surface area contributed by atoms with Crippen molar-refractivity contribution in [1.29, 1.82) is 0 Å². The van der Waals surface area contributed by atoms with E-state index in [4.69, 9.17) is 20.9 Å². The van der Waals surface area contributed by atoms with Crippen LogP contribution in [0.2, 0.25) is 0 Å². The third-order valence-electron chi connectivity index (χ3n) is 9.04. The monoisotopic (exact) mass is 830 g/mol. The molecule has 4 aromatic rings. The minimum Gasteiger partial charge on any atom is -0.473 e. The molecule has 2 atom stereocenters. The fourth-order valence-corrected chi connectivity index (χ4v) is 6.66. The first-order valence-corrected chi connectivity index (χ1v) is 17.5. The van der Waals surface area contributed by atoms with Gasteiger partial charge in [0.2, 0.25) is 11.8 Å². The van der Waals surface area contributed by atoms with Gasteiger partial charge in [-0.1, -0.05) is 0 Å². The molecule has 2 aromatic heterocycles. The number of benzene rings is 2. The van der Waals surface area contributed by atoms with Crippen molar-refractivity contribution in [3.05, 3.63) is 94.3 Å². The maximum atomic E-state index is 14.3. The number of nitrogens with two attached hydrogens (primary N) is 2. The molecule has 2 amide bonds. The van der Waals surface area contributed by atoms with Crippen molar-refractivity contribution >= 4 is 11.8 Å². The van der Waals surface area contributed by atoms with Crippen LogP contribution in [-0.2, 0) is 12.8 Å². The van der Waals surface area contributed by atoms with Crippen molar-refractivity contribution in [1.82, 2.24) is 19.8 Å². The van der Waals surface area contributed by atoms with Crippen LogP contribution in [0.15, 0.2) is 48.5 Å². The first-order valence-electron chi connectivity index (χ1n) is 17.5. The van der Waals surface area contributed by atoms with E-state index >= 15 is 0 Å². The topological polar surface area (TPSA) is 137 Å². The molecule has 312 valence electrons. The Morgan fingerprint density at radius 2 is 1.00 bits per heavy atom. The molecule has 0 aliphatic carbocycles. The molecule has 0 unspecified atom stereocenters. The van der Waals surface area contributed by atoms with Crippen LogP contribution in [0.5, 0.6) is 11.8 Å². The Morgan fingerprint density at radius 1 is 0.638 bits per heavy atom. The van der Waals surface area contributed by atoms with Gasteiger partial charge in [0.25, 0.3) is 11.8 Å². The molecular formula is C38H36F10N6O4. The third kappa shape index (κ3) is 11.3. The predicted octanol–water partition coefficient (Wildman–Crippen LogP) is 6.63. The lowest BCUT2D eigenvalue weighted by atomic mass is 9.93. The Hall–Kier alpha value is -5.50. The number of hydrogen-bond acceptors (Lipinski definition) is 8. The summed E-state index contributed by atoms with van der Waals surface area (Å²) in [5.74, 6) is -4.91. The van der Waals surface area contributed by atoms with Crippen LogP contribution in [-0.4, -0.2) is 96.4 Å². The number of carbonyl (C=O) groups excluding carboxylic acids is 2. The molecule has 2 aliphatic heterocycles. The van der Waals surface area contributed by atoms with Gasteiger partial charge in [0.15, 0.2) is 0 Å². The Bertz CT molecular complexity index is 2020. The second-order valence-corrected chi connectivity index (χ2v) is 13.8. The lowest BCUT2D eigenvalue weighted by Crippen LogP contribution is -2.40. The molecule has 4 N–H and O–H groups in total. The zero-order chi connectivity index (χ0) is 42.7. The van der Waals surface area contributed by atoms with E-state index in [1.165, 1.54) is 38.4 Å². The number of halogens is 10. The van der Waals surface area contributed by atoms with E-state index in [2.05, 4.69) is 9.97 Å². The number of amides is 2. The van der Waals surface area contributed by atoms with Crippen molar-refractivity contribution in [2.24, 2.45) is 11.5 Å². The molecule has 2 aromatic carbocycles. The lowest BCUT2D eigenvalue weighted by Gasteiger charge is -2.30. The Morgan fingerprint density at radius 3 is 1.31 bits per heavy atom. The zero-order valence-electron chi connectivity index (χ0n) is 30.8. The highest BCUT2D eigenvalue weighted by Crippen LogP contribution is 2.38. The number of pyridine rings is 2. The van der Waals surface area contributed by atoms with Gasteiger partial charge in [0.1, 0.15) is 46.9 Å². The van der Waals surface area contributed by atoms with Crippen molar-refractivity contribution in [2.45, 2.75) is 50.2 Å². The molecule has 0 fully saturated rings. The van der Waals surface area contributed by atoms with Gasteiger partial charge in [-0.2, -0.15) is 26.3 Å². The smallest absolute Gasteiger partial charge is 0.401 e. The summed E-state index contributed by atoms with van der Waals surface area (Å²) in [5, 5.41) is 0. The van der Waals surface area contributed by atoms with Crippen LogP contribution in [0, 0.1) is 23.3 Å². The van der Waals surface area contributed by atoms with Crippen molar-refractivity contribution in [3.8, 4) is 34.0 Å². The first-order chi connectivity index (χ1) is 27.1. The van der Waals surface area contributed by atoms with Gasteiger partial charge in [-0.15, -0.1) is 0 Å². The largest absolute Gasteiger partial charge is 0.473 e. The third-order valence-corrected chi connectivity index (χ3v) is 9.04. The van der Waals surface area contributed by atoms with Crippen molar-refractivity contribution in [2.75, 3.05) is 40.3 Å². The quantitative estimate of drug-likeness (QED) is 0.170. The van der Waals surface area contributed by atoms with Gasteiger partial charge in [0, 0.05) is 47.5 Å². The normalized spacial score (nSPS) is 16.4. The maximum absolute atomic E-state index is 14.3. The average molecular weight is 831 g/mol. The molecule has 4 heterocycles. The fourth-order valence-electron chi connectivity index (χ4n) is 6.66. The molecule has 20 heteroatoms. The summed E-state index contributed by atoms with van der Waals surface area (Å²) in [7, 11) is 2.64. The summed E-state index contributed by atoms with van der Waals surface area (Å²) >= 11 is 0. The summed E-state index contributed by atoms with van der Waals surface area (Å²) in [6.07, 6.45) is -8.49. The summed E-state index contributed by atoms with van der Waals surface area (Å²) in [4.78, 5) is 33.5. The van der Waals surface area contributed by atoms with E-state index in [-0.39, 0.29) is 58.5 Å². The highest BCUT2D eigenvalue weighted by molar-refractivity contribution is 5.93. The molecule has 0 radical (unpaired) electrons. The number of likely N-dealkylation sites (N-methyl/N-ethyl adjacent to an activating group) is 2. The van der Waals surface area contributed by atoms with E-state index in [0.29, 0.717) is 48.9 Å². The molecule has 0 saturated carbocycles. The van der Waals surface area contributed by atoms with Crippen LogP contribution in [0.4, 0.5) is 43.9 Å². The molecule has 58 heavy (non-hydrogen) atoms. The Labute approximate surface area is 324 Å². The minimum absolute atomic E-state index is 0.0108. The SMILES string of the molecule is CN(C[C@@H]1CCc2c(-c3ccc(F)cc3F)cc(C(N)=O)nc2O1)CC(F)(F)F.CN(C[C@H]1CCc2c(-c3ccc(F)cc3F)cc(C(N)=O)nc2O1)CC(F)(F)F. The van der Waals surface area contributed by atoms with E-state index in [1.807, 2.05) is 0 Å². The number of primary amides is 2.